The predicted octanol–water partition coefficient (Wildman–Crippen LogP) is 2.94. The molecule has 0 amide bonds. The zero-order chi connectivity index (χ0) is 14.0. The Balaban J connectivity index is 2.59. The lowest BCUT2D eigenvalue weighted by Gasteiger charge is -2.07. The van der Waals surface area contributed by atoms with Crippen LogP contribution in [0.25, 0.3) is 11.5 Å². The summed E-state index contributed by atoms with van der Waals surface area (Å²) in [6, 6.07) is 3.30. The van der Waals surface area contributed by atoms with Crippen LogP contribution in [0.4, 0.5) is 8.78 Å². The first kappa shape index (κ1) is 13.5. The second-order valence-corrected chi connectivity index (χ2v) is 4.29. The molecule has 0 unspecified atom stereocenters. The topological polar surface area (TPSA) is 76.0 Å². The molecule has 98 valence electrons. The van der Waals surface area contributed by atoms with Crippen LogP contribution in [0.5, 0.6) is 0 Å². The molecule has 0 aliphatic heterocycles. The van der Waals surface area contributed by atoms with Crippen LogP contribution in [0.3, 0.4) is 0 Å². The number of rotatable bonds is 3. The van der Waals surface area contributed by atoms with Crippen molar-refractivity contribution < 1.29 is 18.7 Å². The van der Waals surface area contributed by atoms with Gasteiger partial charge in [-0.05, 0) is 28.1 Å². The Morgan fingerprint density at radius 1 is 1.37 bits per heavy atom. The number of hydrogen-bond donors (Lipinski definition) is 1. The smallest absolute Gasteiger partial charge is 0.339 e. The van der Waals surface area contributed by atoms with E-state index in [9.17, 15) is 13.6 Å². The van der Waals surface area contributed by atoms with E-state index in [0.29, 0.717) is 4.47 Å². The van der Waals surface area contributed by atoms with Gasteiger partial charge in [0.1, 0.15) is 17.0 Å². The van der Waals surface area contributed by atoms with Gasteiger partial charge in [-0.3, -0.25) is 4.98 Å². The van der Waals surface area contributed by atoms with Gasteiger partial charge >= 0.3 is 5.97 Å². The molecule has 0 aromatic carbocycles. The fraction of sp³-hybridized carbons (Fsp3) is 0.0909. The van der Waals surface area contributed by atoms with Gasteiger partial charge in [-0.15, -0.1) is 0 Å². The number of hydrogen-bond acceptors (Lipinski definition) is 4. The van der Waals surface area contributed by atoms with Gasteiger partial charge in [0.2, 0.25) is 0 Å². The average molecular weight is 330 g/mol. The summed E-state index contributed by atoms with van der Waals surface area (Å²) >= 11 is 3.20. The predicted molar refractivity (Wildman–Crippen MR) is 64.9 cm³/mol. The van der Waals surface area contributed by atoms with Crippen LogP contribution in [-0.4, -0.2) is 26.0 Å². The number of nitrogens with zero attached hydrogens (tertiary/aromatic N) is 3. The number of carboxylic acid groups (broad SMARTS) is 1. The van der Waals surface area contributed by atoms with Gasteiger partial charge in [0, 0.05) is 16.9 Å². The molecule has 2 heterocycles. The SMILES string of the molecule is O=C(O)c1cnc(-c2ncccc2Br)nc1C(F)F. The molecule has 0 saturated heterocycles. The zero-order valence-electron chi connectivity index (χ0n) is 9.22. The number of carboxylic acids is 1. The van der Waals surface area contributed by atoms with Crippen LogP contribution < -0.4 is 0 Å². The first-order valence-electron chi connectivity index (χ1n) is 5.00. The monoisotopic (exact) mass is 329 g/mol. The van der Waals surface area contributed by atoms with E-state index < -0.39 is 23.7 Å². The summed E-state index contributed by atoms with van der Waals surface area (Å²) in [5, 5.41) is 8.79. The number of alkyl halides is 2. The number of aromatic nitrogens is 3. The summed E-state index contributed by atoms with van der Waals surface area (Å²) in [5.41, 5.74) is -1.18. The van der Waals surface area contributed by atoms with Crippen molar-refractivity contribution in [2.24, 2.45) is 0 Å². The molecule has 8 heteroatoms. The molecule has 1 N–H and O–H groups in total. The molecule has 0 atom stereocenters. The number of aromatic carboxylic acids is 1. The molecule has 5 nitrogen and oxygen atoms in total. The summed E-state index contributed by atoms with van der Waals surface area (Å²) in [5.74, 6) is -1.56. The highest BCUT2D eigenvalue weighted by Gasteiger charge is 2.22. The van der Waals surface area contributed by atoms with Crippen LogP contribution in [0.2, 0.25) is 0 Å². The third kappa shape index (κ3) is 2.73. The summed E-state index contributed by atoms with van der Waals surface area (Å²) in [7, 11) is 0. The standard InChI is InChI=1S/C11H6BrF2N3O2/c12-6-2-1-3-15-8(6)10-16-4-5(11(18)19)7(17-10)9(13)14/h1-4,9H,(H,18,19). The average Bonchev–Trinajstić information content (AvgIpc) is 2.38. The lowest BCUT2D eigenvalue weighted by atomic mass is 10.2. The molecule has 0 aliphatic rings. The van der Waals surface area contributed by atoms with Crippen molar-refractivity contribution in [2.45, 2.75) is 6.43 Å². The fourth-order valence-corrected chi connectivity index (χ4v) is 1.82. The molecule has 0 bridgehead atoms. The summed E-state index contributed by atoms with van der Waals surface area (Å²) < 4.78 is 26.1. The van der Waals surface area contributed by atoms with Crippen LogP contribution in [-0.2, 0) is 0 Å². The van der Waals surface area contributed by atoms with Gasteiger partial charge in [0.15, 0.2) is 5.82 Å². The van der Waals surface area contributed by atoms with Crippen molar-refractivity contribution in [3.05, 3.63) is 40.3 Å². The molecule has 0 radical (unpaired) electrons. The van der Waals surface area contributed by atoms with E-state index in [1.807, 2.05) is 0 Å². The molecular formula is C11H6BrF2N3O2. The summed E-state index contributed by atoms with van der Waals surface area (Å²) in [6.07, 6.45) is -0.695. The van der Waals surface area contributed by atoms with Crippen molar-refractivity contribution in [3.8, 4) is 11.5 Å². The minimum atomic E-state index is -3.00. The number of halogens is 3. The van der Waals surface area contributed by atoms with Gasteiger partial charge in [-0.25, -0.2) is 23.5 Å². The molecule has 0 fully saturated rings. The van der Waals surface area contributed by atoms with Crippen molar-refractivity contribution >= 4 is 21.9 Å². The fourth-order valence-electron chi connectivity index (χ4n) is 1.39. The Bertz CT molecular complexity index is 637. The lowest BCUT2D eigenvalue weighted by Crippen LogP contribution is -2.08. The van der Waals surface area contributed by atoms with Gasteiger partial charge in [0.25, 0.3) is 6.43 Å². The van der Waals surface area contributed by atoms with E-state index >= 15 is 0 Å². The van der Waals surface area contributed by atoms with Gasteiger partial charge in [0.05, 0.1) is 0 Å². The molecule has 0 saturated carbocycles. The second kappa shape index (κ2) is 5.35. The molecular weight excluding hydrogens is 324 g/mol. The van der Waals surface area contributed by atoms with E-state index in [1.54, 1.807) is 12.1 Å². The van der Waals surface area contributed by atoms with Crippen LogP contribution in [0.15, 0.2) is 29.0 Å². The van der Waals surface area contributed by atoms with Crippen molar-refractivity contribution in [1.82, 2.24) is 15.0 Å². The minimum absolute atomic E-state index is 0.0622. The van der Waals surface area contributed by atoms with Crippen molar-refractivity contribution in [3.63, 3.8) is 0 Å². The summed E-state index contributed by atoms with van der Waals surface area (Å²) in [4.78, 5) is 22.1. The second-order valence-electron chi connectivity index (χ2n) is 3.43. The molecule has 2 rings (SSSR count). The highest BCUT2D eigenvalue weighted by Crippen LogP contribution is 2.26. The normalized spacial score (nSPS) is 10.7. The van der Waals surface area contributed by atoms with Gasteiger partial charge in [-0.2, -0.15) is 0 Å². The first-order valence-corrected chi connectivity index (χ1v) is 5.79. The Hall–Kier alpha value is -1.96. The third-order valence-electron chi connectivity index (χ3n) is 2.23. The van der Waals surface area contributed by atoms with Crippen molar-refractivity contribution in [2.75, 3.05) is 0 Å². The third-order valence-corrected chi connectivity index (χ3v) is 2.87. The van der Waals surface area contributed by atoms with E-state index in [2.05, 4.69) is 30.9 Å². The van der Waals surface area contributed by atoms with Crippen LogP contribution in [0, 0.1) is 0 Å². The van der Waals surface area contributed by atoms with E-state index in [4.69, 9.17) is 5.11 Å². The highest BCUT2D eigenvalue weighted by molar-refractivity contribution is 9.10. The zero-order valence-corrected chi connectivity index (χ0v) is 10.8. The molecule has 0 aliphatic carbocycles. The van der Waals surface area contributed by atoms with E-state index in [-0.39, 0.29) is 11.5 Å². The molecule has 2 aromatic rings. The Morgan fingerprint density at radius 3 is 2.68 bits per heavy atom. The maximum atomic E-state index is 12.8. The van der Waals surface area contributed by atoms with Crippen molar-refractivity contribution in [1.29, 1.82) is 0 Å². The Labute approximate surface area is 114 Å². The molecule has 19 heavy (non-hydrogen) atoms. The van der Waals surface area contributed by atoms with Crippen LogP contribution >= 0.6 is 15.9 Å². The number of pyridine rings is 1. The maximum Gasteiger partial charge on any atom is 0.339 e. The Morgan fingerprint density at radius 2 is 2.11 bits per heavy atom. The molecule has 0 spiro atoms. The Kier molecular flexibility index (Phi) is 3.79. The van der Waals surface area contributed by atoms with E-state index in [1.165, 1.54) is 6.20 Å². The lowest BCUT2D eigenvalue weighted by molar-refractivity contribution is 0.0681. The quantitative estimate of drug-likeness (QED) is 0.936. The highest BCUT2D eigenvalue weighted by atomic mass is 79.9. The minimum Gasteiger partial charge on any atom is -0.478 e. The summed E-state index contributed by atoms with van der Waals surface area (Å²) in [6.45, 7) is 0. The maximum absolute atomic E-state index is 12.8. The first-order chi connectivity index (χ1) is 9.00. The van der Waals surface area contributed by atoms with Crippen LogP contribution in [0.1, 0.15) is 22.5 Å². The van der Waals surface area contributed by atoms with E-state index in [0.717, 1.165) is 6.20 Å². The van der Waals surface area contributed by atoms with Gasteiger partial charge in [-0.1, -0.05) is 0 Å². The molecule has 2 aromatic heterocycles. The number of carbonyl (C=O) groups is 1. The van der Waals surface area contributed by atoms with Gasteiger partial charge < -0.3 is 5.11 Å². The largest absolute Gasteiger partial charge is 0.478 e.